The van der Waals surface area contributed by atoms with Crippen molar-refractivity contribution in [3.63, 3.8) is 0 Å². The topological polar surface area (TPSA) is 24.5 Å². The van der Waals surface area contributed by atoms with E-state index in [0.29, 0.717) is 18.2 Å². The van der Waals surface area contributed by atoms with Gasteiger partial charge in [-0.1, -0.05) is 19.3 Å². The lowest BCUT2D eigenvalue weighted by Crippen LogP contribution is -2.52. The van der Waals surface area contributed by atoms with Crippen LogP contribution in [0, 0.1) is 0 Å². The molecule has 1 N–H and O–H groups in total. The molecule has 2 aliphatic rings. The third kappa shape index (κ3) is 4.22. The Kier molecular flexibility index (Phi) is 5.46. The predicted molar refractivity (Wildman–Crippen MR) is 75.9 cm³/mol. The summed E-state index contributed by atoms with van der Waals surface area (Å²) in [6, 6.07) is 1.40. The highest BCUT2D eigenvalue weighted by Crippen LogP contribution is 2.18. The summed E-state index contributed by atoms with van der Waals surface area (Å²) in [4.78, 5) is 2.58. The molecule has 0 radical (unpaired) electrons. The first kappa shape index (κ1) is 14.3. The van der Waals surface area contributed by atoms with Gasteiger partial charge in [-0.25, -0.2) is 0 Å². The van der Waals surface area contributed by atoms with Gasteiger partial charge in [0.05, 0.1) is 12.2 Å². The molecule has 3 nitrogen and oxygen atoms in total. The molecular formula is C15H30N2O. The Labute approximate surface area is 112 Å². The third-order valence-electron chi connectivity index (χ3n) is 4.38. The van der Waals surface area contributed by atoms with Crippen molar-refractivity contribution >= 4 is 0 Å². The number of ether oxygens (including phenoxy) is 1. The lowest BCUT2D eigenvalue weighted by molar-refractivity contribution is -0.0783. The Morgan fingerprint density at radius 3 is 2.33 bits per heavy atom. The van der Waals surface area contributed by atoms with E-state index in [4.69, 9.17) is 4.74 Å². The Morgan fingerprint density at radius 1 is 1.11 bits per heavy atom. The average Bonchev–Trinajstić information content (AvgIpc) is 2.36. The summed E-state index contributed by atoms with van der Waals surface area (Å²) >= 11 is 0. The van der Waals surface area contributed by atoms with E-state index in [9.17, 15) is 0 Å². The summed E-state index contributed by atoms with van der Waals surface area (Å²) in [6.45, 7) is 10.0. The smallest absolute Gasteiger partial charge is 0.0678 e. The fourth-order valence-electron chi connectivity index (χ4n) is 3.35. The number of morpholine rings is 1. The van der Waals surface area contributed by atoms with E-state index in [2.05, 4.69) is 31.0 Å². The Morgan fingerprint density at radius 2 is 1.72 bits per heavy atom. The molecule has 1 heterocycles. The Bertz CT molecular complexity index is 231. The average molecular weight is 254 g/mol. The van der Waals surface area contributed by atoms with Gasteiger partial charge in [-0.15, -0.1) is 0 Å². The summed E-state index contributed by atoms with van der Waals surface area (Å²) in [5.41, 5.74) is 0. The van der Waals surface area contributed by atoms with Crippen LogP contribution in [0.25, 0.3) is 0 Å². The van der Waals surface area contributed by atoms with Gasteiger partial charge in [0.1, 0.15) is 0 Å². The van der Waals surface area contributed by atoms with Crippen LogP contribution in [0.1, 0.15) is 52.9 Å². The van der Waals surface area contributed by atoms with Crippen LogP contribution in [0.5, 0.6) is 0 Å². The molecule has 2 rings (SSSR count). The number of nitrogens with zero attached hydrogens (tertiary/aromatic N) is 1. The van der Waals surface area contributed by atoms with Gasteiger partial charge in [-0.05, 0) is 33.6 Å². The van der Waals surface area contributed by atoms with E-state index < -0.39 is 0 Å². The van der Waals surface area contributed by atoms with Crippen LogP contribution in [-0.4, -0.2) is 48.8 Å². The molecule has 106 valence electrons. The van der Waals surface area contributed by atoms with Crippen LogP contribution in [0.15, 0.2) is 0 Å². The maximum atomic E-state index is 5.80. The van der Waals surface area contributed by atoms with Crippen LogP contribution >= 0.6 is 0 Å². The summed E-state index contributed by atoms with van der Waals surface area (Å²) in [5, 5.41) is 3.77. The standard InChI is InChI=1S/C15H30N2O/c1-12(9-16-15-7-5-4-6-8-15)17-10-13(2)18-14(3)11-17/h12-16H,4-11H2,1-3H3/t12?,13-,14+. The lowest BCUT2D eigenvalue weighted by Gasteiger charge is -2.39. The maximum absolute atomic E-state index is 5.80. The van der Waals surface area contributed by atoms with Crippen molar-refractivity contribution in [3.05, 3.63) is 0 Å². The molecule has 18 heavy (non-hydrogen) atoms. The lowest BCUT2D eigenvalue weighted by atomic mass is 9.95. The zero-order valence-electron chi connectivity index (χ0n) is 12.3. The predicted octanol–water partition coefficient (Wildman–Crippen LogP) is 2.41. The SMILES string of the molecule is CC(CNC1CCCCC1)N1C[C@@H](C)O[C@@H](C)C1. The number of nitrogens with one attached hydrogen (secondary N) is 1. The van der Waals surface area contributed by atoms with Crippen molar-refractivity contribution in [1.29, 1.82) is 0 Å². The first-order valence-electron chi connectivity index (χ1n) is 7.78. The van der Waals surface area contributed by atoms with E-state index >= 15 is 0 Å². The van der Waals surface area contributed by atoms with Crippen LogP contribution < -0.4 is 5.32 Å². The van der Waals surface area contributed by atoms with Crippen molar-refractivity contribution in [2.24, 2.45) is 0 Å². The minimum Gasteiger partial charge on any atom is -0.373 e. The van der Waals surface area contributed by atoms with E-state index in [1.807, 2.05) is 0 Å². The molecular weight excluding hydrogens is 224 g/mol. The summed E-state index contributed by atoms with van der Waals surface area (Å²) < 4.78 is 5.80. The van der Waals surface area contributed by atoms with E-state index in [0.717, 1.165) is 25.7 Å². The van der Waals surface area contributed by atoms with Crippen molar-refractivity contribution in [2.75, 3.05) is 19.6 Å². The normalized spacial score (nSPS) is 33.5. The van der Waals surface area contributed by atoms with Gasteiger partial charge in [0.15, 0.2) is 0 Å². The largest absolute Gasteiger partial charge is 0.373 e. The molecule has 2 fully saturated rings. The fraction of sp³-hybridized carbons (Fsp3) is 1.00. The van der Waals surface area contributed by atoms with Gasteiger partial charge in [-0.2, -0.15) is 0 Å². The van der Waals surface area contributed by atoms with Gasteiger partial charge in [-0.3, -0.25) is 4.90 Å². The summed E-state index contributed by atoms with van der Waals surface area (Å²) in [5.74, 6) is 0. The van der Waals surface area contributed by atoms with E-state index in [-0.39, 0.29) is 0 Å². The fourth-order valence-corrected chi connectivity index (χ4v) is 3.35. The molecule has 0 aromatic carbocycles. The van der Waals surface area contributed by atoms with Gasteiger partial charge in [0.25, 0.3) is 0 Å². The highest BCUT2D eigenvalue weighted by atomic mass is 16.5. The highest BCUT2D eigenvalue weighted by Gasteiger charge is 2.26. The summed E-state index contributed by atoms with van der Waals surface area (Å²) in [6.07, 6.45) is 7.78. The number of hydrogen-bond donors (Lipinski definition) is 1. The monoisotopic (exact) mass is 254 g/mol. The molecule has 0 aromatic heterocycles. The van der Waals surface area contributed by atoms with Gasteiger partial charge >= 0.3 is 0 Å². The van der Waals surface area contributed by atoms with Crippen molar-refractivity contribution in [2.45, 2.75) is 77.2 Å². The highest BCUT2D eigenvalue weighted by molar-refractivity contribution is 4.80. The third-order valence-corrected chi connectivity index (χ3v) is 4.38. The second-order valence-electron chi connectivity index (χ2n) is 6.30. The minimum absolute atomic E-state index is 0.380. The Balaban J connectivity index is 1.71. The molecule has 3 atom stereocenters. The molecule has 1 aliphatic heterocycles. The van der Waals surface area contributed by atoms with Crippen molar-refractivity contribution < 1.29 is 4.74 Å². The zero-order chi connectivity index (χ0) is 13.0. The molecule has 1 saturated carbocycles. The Hall–Kier alpha value is -0.120. The summed E-state index contributed by atoms with van der Waals surface area (Å²) in [7, 11) is 0. The van der Waals surface area contributed by atoms with Crippen LogP contribution in [0.4, 0.5) is 0 Å². The van der Waals surface area contributed by atoms with Crippen molar-refractivity contribution in [3.8, 4) is 0 Å². The molecule has 0 spiro atoms. The van der Waals surface area contributed by atoms with Gasteiger partial charge < -0.3 is 10.1 Å². The first-order valence-corrected chi connectivity index (χ1v) is 7.78. The molecule has 1 aliphatic carbocycles. The minimum atomic E-state index is 0.380. The van der Waals surface area contributed by atoms with Gasteiger partial charge in [0, 0.05) is 31.7 Å². The number of rotatable bonds is 4. The molecule has 0 bridgehead atoms. The number of hydrogen-bond acceptors (Lipinski definition) is 3. The molecule has 0 aromatic rings. The van der Waals surface area contributed by atoms with Crippen LogP contribution in [-0.2, 0) is 4.74 Å². The van der Waals surface area contributed by atoms with Crippen LogP contribution in [0.3, 0.4) is 0 Å². The van der Waals surface area contributed by atoms with Crippen molar-refractivity contribution in [1.82, 2.24) is 10.2 Å². The van der Waals surface area contributed by atoms with Gasteiger partial charge in [0.2, 0.25) is 0 Å². The molecule has 3 heteroatoms. The van der Waals surface area contributed by atoms with Crippen LogP contribution in [0.2, 0.25) is 0 Å². The van der Waals surface area contributed by atoms with E-state index in [1.165, 1.54) is 32.1 Å². The second kappa shape index (κ2) is 6.88. The molecule has 0 amide bonds. The molecule has 1 unspecified atom stereocenters. The molecule has 1 saturated heterocycles. The maximum Gasteiger partial charge on any atom is 0.0678 e. The quantitative estimate of drug-likeness (QED) is 0.834. The van der Waals surface area contributed by atoms with E-state index in [1.54, 1.807) is 0 Å². The zero-order valence-corrected chi connectivity index (χ0v) is 12.3. The second-order valence-corrected chi connectivity index (χ2v) is 6.30. The first-order chi connectivity index (χ1) is 8.65.